The van der Waals surface area contributed by atoms with Crippen molar-refractivity contribution >= 4 is 5.78 Å². The number of carbonyl (C=O) groups is 1. The Morgan fingerprint density at radius 2 is 1.75 bits per heavy atom. The highest BCUT2D eigenvalue weighted by Crippen LogP contribution is 2.37. The molecule has 20 heavy (non-hydrogen) atoms. The molecular formula is C18H27NO. The molecule has 1 aliphatic heterocycles. The maximum Gasteiger partial charge on any atom is 0.143 e. The average molecular weight is 273 g/mol. The Hall–Kier alpha value is -1.15. The number of hydrogen-bond donors (Lipinski definition) is 0. The predicted octanol–water partition coefficient (Wildman–Crippen LogP) is 3.75. The molecule has 0 saturated carbocycles. The Kier molecular flexibility index (Phi) is 4.64. The molecule has 0 bridgehead atoms. The fourth-order valence-electron chi connectivity index (χ4n) is 3.25. The van der Waals surface area contributed by atoms with Crippen molar-refractivity contribution in [2.24, 2.45) is 0 Å². The van der Waals surface area contributed by atoms with Gasteiger partial charge in [-0.25, -0.2) is 0 Å². The monoisotopic (exact) mass is 273 g/mol. The van der Waals surface area contributed by atoms with Gasteiger partial charge in [0.1, 0.15) is 5.78 Å². The van der Waals surface area contributed by atoms with Crippen molar-refractivity contribution in [1.29, 1.82) is 0 Å². The second-order valence-electron chi connectivity index (χ2n) is 6.44. The van der Waals surface area contributed by atoms with Crippen LogP contribution in [0.15, 0.2) is 24.3 Å². The van der Waals surface area contributed by atoms with Gasteiger partial charge in [-0.15, -0.1) is 0 Å². The summed E-state index contributed by atoms with van der Waals surface area (Å²) in [6.45, 7) is 8.43. The molecule has 1 saturated heterocycles. The predicted molar refractivity (Wildman–Crippen MR) is 84.2 cm³/mol. The number of hydrogen-bond acceptors (Lipinski definition) is 2. The first-order valence-corrected chi connectivity index (χ1v) is 7.82. The zero-order valence-electron chi connectivity index (χ0n) is 13.3. The van der Waals surface area contributed by atoms with E-state index in [2.05, 4.69) is 50.1 Å². The minimum absolute atomic E-state index is 0.239. The van der Waals surface area contributed by atoms with E-state index in [0.717, 1.165) is 25.9 Å². The molecule has 110 valence electrons. The lowest BCUT2D eigenvalue weighted by molar-refractivity contribution is -0.126. The smallest absolute Gasteiger partial charge is 0.143 e. The van der Waals surface area contributed by atoms with Crippen molar-refractivity contribution in [3.05, 3.63) is 35.4 Å². The molecule has 0 amide bonds. The van der Waals surface area contributed by atoms with Gasteiger partial charge in [-0.05, 0) is 50.0 Å². The van der Waals surface area contributed by atoms with Crippen LogP contribution in [-0.4, -0.2) is 30.8 Å². The van der Waals surface area contributed by atoms with E-state index in [4.69, 9.17) is 0 Å². The van der Waals surface area contributed by atoms with Crippen molar-refractivity contribution in [2.75, 3.05) is 20.1 Å². The molecule has 0 N–H and O–H groups in total. The van der Waals surface area contributed by atoms with Crippen LogP contribution in [0.3, 0.4) is 0 Å². The van der Waals surface area contributed by atoms with Crippen molar-refractivity contribution in [2.45, 2.75) is 51.4 Å². The van der Waals surface area contributed by atoms with Crippen LogP contribution in [0.1, 0.15) is 57.1 Å². The van der Waals surface area contributed by atoms with Crippen LogP contribution in [0.25, 0.3) is 0 Å². The summed E-state index contributed by atoms with van der Waals surface area (Å²) in [7, 11) is 2.14. The molecule has 2 rings (SSSR count). The fourth-order valence-corrected chi connectivity index (χ4v) is 3.25. The summed E-state index contributed by atoms with van der Waals surface area (Å²) < 4.78 is 0. The topological polar surface area (TPSA) is 20.3 Å². The van der Waals surface area contributed by atoms with E-state index in [1.165, 1.54) is 11.1 Å². The Morgan fingerprint density at radius 1 is 1.20 bits per heavy atom. The summed E-state index contributed by atoms with van der Waals surface area (Å²) >= 11 is 0. The third-order valence-corrected chi connectivity index (χ3v) is 4.83. The first-order valence-electron chi connectivity index (χ1n) is 7.82. The molecule has 2 heteroatoms. The Labute approximate surface area is 123 Å². The third-order valence-electron chi connectivity index (χ3n) is 4.83. The van der Waals surface area contributed by atoms with Crippen LogP contribution < -0.4 is 0 Å². The summed E-state index contributed by atoms with van der Waals surface area (Å²) in [5.74, 6) is 0.947. The molecule has 1 aromatic rings. The molecule has 0 aromatic heterocycles. The summed E-state index contributed by atoms with van der Waals surface area (Å²) in [6.07, 6.45) is 2.55. The standard InChI is InChI=1S/C18H27NO/c1-5-17(20)18(10-12-19(4)13-11-18)16-8-6-15(7-9-16)14(2)3/h6-9,14H,5,10-13H2,1-4H3. The van der Waals surface area contributed by atoms with Crippen LogP contribution in [0, 0.1) is 0 Å². The summed E-state index contributed by atoms with van der Waals surface area (Å²) in [4.78, 5) is 14.9. The number of Topliss-reactive ketones (excluding diaryl/α,β-unsaturated/α-hetero) is 1. The molecule has 1 aromatic carbocycles. The normalized spacial score (nSPS) is 19.2. The third kappa shape index (κ3) is 2.80. The number of nitrogens with zero attached hydrogens (tertiary/aromatic N) is 1. The average Bonchev–Trinajstić information content (AvgIpc) is 2.47. The van der Waals surface area contributed by atoms with Crippen LogP contribution in [-0.2, 0) is 10.2 Å². The van der Waals surface area contributed by atoms with Crippen molar-refractivity contribution in [3.63, 3.8) is 0 Å². The number of likely N-dealkylation sites (tertiary alicyclic amines) is 1. The summed E-state index contributed by atoms with van der Waals surface area (Å²) in [6, 6.07) is 8.77. The fraction of sp³-hybridized carbons (Fsp3) is 0.611. The Bertz CT molecular complexity index is 453. The minimum atomic E-state index is -0.239. The number of benzene rings is 1. The number of rotatable bonds is 4. The van der Waals surface area contributed by atoms with E-state index >= 15 is 0 Å². The Balaban J connectivity index is 2.34. The van der Waals surface area contributed by atoms with Crippen molar-refractivity contribution in [1.82, 2.24) is 4.90 Å². The van der Waals surface area contributed by atoms with Gasteiger partial charge in [-0.2, -0.15) is 0 Å². The van der Waals surface area contributed by atoms with E-state index in [0.29, 0.717) is 18.1 Å². The van der Waals surface area contributed by atoms with Gasteiger partial charge >= 0.3 is 0 Å². The van der Waals surface area contributed by atoms with Crippen molar-refractivity contribution in [3.8, 4) is 0 Å². The van der Waals surface area contributed by atoms with Gasteiger partial charge in [0.05, 0.1) is 5.41 Å². The van der Waals surface area contributed by atoms with Crippen LogP contribution in [0.5, 0.6) is 0 Å². The first kappa shape index (κ1) is 15.2. The maximum absolute atomic E-state index is 12.6. The van der Waals surface area contributed by atoms with Gasteiger partial charge in [-0.3, -0.25) is 4.79 Å². The van der Waals surface area contributed by atoms with Crippen molar-refractivity contribution < 1.29 is 4.79 Å². The molecule has 0 aliphatic carbocycles. The largest absolute Gasteiger partial charge is 0.306 e. The number of piperidine rings is 1. The highest BCUT2D eigenvalue weighted by Gasteiger charge is 2.40. The van der Waals surface area contributed by atoms with Crippen LogP contribution >= 0.6 is 0 Å². The van der Waals surface area contributed by atoms with Gasteiger partial charge in [0.25, 0.3) is 0 Å². The van der Waals surface area contributed by atoms with E-state index in [-0.39, 0.29) is 5.41 Å². The van der Waals surface area contributed by atoms with E-state index in [9.17, 15) is 4.79 Å². The quantitative estimate of drug-likeness (QED) is 0.832. The second-order valence-corrected chi connectivity index (χ2v) is 6.44. The first-order chi connectivity index (χ1) is 9.49. The Morgan fingerprint density at radius 3 is 2.20 bits per heavy atom. The number of ketones is 1. The van der Waals surface area contributed by atoms with E-state index in [1.807, 2.05) is 6.92 Å². The molecule has 2 nitrogen and oxygen atoms in total. The molecule has 1 aliphatic rings. The van der Waals surface area contributed by atoms with Crippen LogP contribution in [0.4, 0.5) is 0 Å². The number of carbonyl (C=O) groups excluding carboxylic acids is 1. The molecular weight excluding hydrogens is 246 g/mol. The van der Waals surface area contributed by atoms with Gasteiger partial charge in [-0.1, -0.05) is 45.0 Å². The lowest BCUT2D eigenvalue weighted by Gasteiger charge is -2.40. The van der Waals surface area contributed by atoms with E-state index in [1.54, 1.807) is 0 Å². The minimum Gasteiger partial charge on any atom is -0.306 e. The molecule has 1 heterocycles. The van der Waals surface area contributed by atoms with E-state index < -0.39 is 0 Å². The lowest BCUT2D eigenvalue weighted by Crippen LogP contribution is -2.46. The summed E-state index contributed by atoms with van der Waals surface area (Å²) in [5, 5.41) is 0. The van der Waals surface area contributed by atoms with Gasteiger partial charge in [0.15, 0.2) is 0 Å². The van der Waals surface area contributed by atoms with Gasteiger partial charge in [0.2, 0.25) is 0 Å². The molecule has 0 spiro atoms. The van der Waals surface area contributed by atoms with Gasteiger partial charge in [0, 0.05) is 6.42 Å². The zero-order chi connectivity index (χ0) is 14.8. The van der Waals surface area contributed by atoms with Crippen LogP contribution in [0.2, 0.25) is 0 Å². The second kappa shape index (κ2) is 6.09. The molecule has 1 fully saturated rings. The molecule has 0 unspecified atom stereocenters. The lowest BCUT2D eigenvalue weighted by atomic mass is 9.69. The highest BCUT2D eigenvalue weighted by atomic mass is 16.1. The molecule has 0 radical (unpaired) electrons. The summed E-state index contributed by atoms with van der Waals surface area (Å²) in [5.41, 5.74) is 2.33. The zero-order valence-corrected chi connectivity index (χ0v) is 13.3. The molecule has 0 atom stereocenters. The highest BCUT2D eigenvalue weighted by molar-refractivity contribution is 5.90. The van der Waals surface area contributed by atoms with Gasteiger partial charge < -0.3 is 4.90 Å². The maximum atomic E-state index is 12.6. The SMILES string of the molecule is CCC(=O)C1(c2ccc(C(C)C)cc2)CCN(C)CC1.